The molecule has 0 bridgehead atoms. The number of amides is 1. The number of carbonyl (C=O) groups excluding carboxylic acids is 1. The predicted molar refractivity (Wildman–Crippen MR) is 126 cm³/mol. The van der Waals surface area contributed by atoms with Gasteiger partial charge in [0.05, 0.1) is 17.1 Å². The number of phenols is 1. The number of rotatable bonds is 6. The van der Waals surface area contributed by atoms with Gasteiger partial charge in [0, 0.05) is 45.0 Å². The number of hydrogen-bond donors (Lipinski definition) is 1. The summed E-state index contributed by atoms with van der Waals surface area (Å²) in [4.78, 5) is 23.6. The first kappa shape index (κ1) is 21.3. The van der Waals surface area contributed by atoms with Crippen molar-refractivity contribution in [3.05, 3.63) is 65.2 Å². The summed E-state index contributed by atoms with van der Waals surface area (Å²) < 4.78 is 0. The van der Waals surface area contributed by atoms with Gasteiger partial charge in [-0.05, 0) is 30.2 Å². The number of nitrogens with zero attached hydrogens (tertiary/aromatic N) is 4. The van der Waals surface area contributed by atoms with Gasteiger partial charge in [0.1, 0.15) is 5.75 Å². The van der Waals surface area contributed by atoms with Gasteiger partial charge in [0.25, 0.3) is 0 Å². The summed E-state index contributed by atoms with van der Waals surface area (Å²) in [5.41, 5.74) is 3.92. The normalized spacial score (nSPS) is 14.6. The Morgan fingerprint density at radius 2 is 1.81 bits per heavy atom. The number of phenolic OH excluding ortho intramolecular Hbond substituents is 1. The van der Waals surface area contributed by atoms with E-state index in [0.717, 1.165) is 66.9 Å². The first-order valence-corrected chi connectivity index (χ1v) is 11.5. The number of benzene rings is 2. The Morgan fingerprint density at radius 3 is 2.52 bits per heavy atom. The molecule has 2 heterocycles. The molecule has 1 aliphatic heterocycles. The first-order chi connectivity index (χ1) is 15.1. The summed E-state index contributed by atoms with van der Waals surface area (Å²) in [6.45, 7) is 7.96. The third-order valence-electron chi connectivity index (χ3n) is 5.64. The number of para-hydroxylation sites is 3. The van der Waals surface area contributed by atoms with E-state index in [4.69, 9.17) is 4.98 Å². The lowest BCUT2D eigenvalue weighted by Gasteiger charge is -2.36. The molecule has 31 heavy (non-hydrogen) atoms. The Balaban J connectivity index is 1.43. The highest BCUT2D eigenvalue weighted by molar-refractivity contribution is 7.14. The average Bonchev–Trinajstić information content (AvgIpc) is 3.23. The Morgan fingerprint density at radius 1 is 1.10 bits per heavy atom. The van der Waals surface area contributed by atoms with Crippen molar-refractivity contribution in [1.29, 1.82) is 0 Å². The van der Waals surface area contributed by atoms with Crippen molar-refractivity contribution in [2.75, 3.05) is 36.0 Å². The molecule has 3 aromatic rings. The molecule has 1 saturated heterocycles. The second kappa shape index (κ2) is 9.49. The van der Waals surface area contributed by atoms with Crippen LogP contribution in [0.1, 0.15) is 25.1 Å². The number of aryl methyl sites for hydroxylation is 1. The molecule has 1 aliphatic rings. The highest BCUT2D eigenvalue weighted by Crippen LogP contribution is 2.32. The molecule has 4 rings (SSSR count). The van der Waals surface area contributed by atoms with E-state index >= 15 is 0 Å². The Bertz CT molecular complexity index is 1040. The molecule has 6 nitrogen and oxygen atoms in total. The molecular weight excluding hydrogens is 408 g/mol. The van der Waals surface area contributed by atoms with E-state index in [-0.39, 0.29) is 5.91 Å². The minimum atomic E-state index is -0.0296. The van der Waals surface area contributed by atoms with Gasteiger partial charge in [-0.15, -0.1) is 11.3 Å². The molecule has 1 N–H and O–H groups in total. The molecule has 2 aromatic carbocycles. The number of aromatic nitrogens is 1. The highest BCUT2D eigenvalue weighted by atomic mass is 32.1. The average molecular weight is 437 g/mol. The molecule has 7 heteroatoms. The van der Waals surface area contributed by atoms with E-state index in [1.807, 2.05) is 36.4 Å². The van der Waals surface area contributed by atoms with Crippen LogP contribution < -0.4 is 9.80 Å². The van der Waals surface area contributed by atoms with Crippen LogP contribution in [0.5, 0.6) is 5.75 Å². The van der Waals surface area contributed by atoms with Gasteiger partial charge in [0.2, 0.25) is 5.91 Å². The zero-order valence-corrected chi connectivity index (χ0v) is 18.8. The van der Waals surface area contributed by atoms with Gasteiger partial charge in [0.15, 0.2) is 5.13 Å². The minimum absolute atomic E-state index is 0.0296. The second-order valence-electron chi connectivity index (χ2n) is 7.71. The second-order valence-corrected chi connectivity index (χ2v) is 8.55. The van der Waals surface area contributed by atoms with Gasteiger partial charge < -0.3 is 10.0 Å². The van der Waals surface area contributed by atoms with Crippen LogP contribution >= 0.6 is 11.3 Å². The fourth-order valence-electron chi connectivity index (χ4n) is 4.01. The molecule has 0 radical (unpaired) electrons. The quantitative estimate of drug-likeness (QED) is 0.620. The van der Waals surface area contributed by atoms with Crippen molar-refractivity contribution in [2.45, 2.75) is 26.8 Å². The number of thiazole rings is 1. The fraction of sp³-hybridized carbons (Fsp3) is 0.333. The SMILES string of the molecule is CCc1ccccc1N(C(C)=O)c1nc(CN2CCN(c3ccccc3O)CC2)cs1. The molecule has 0 atom stereocenters. The van der Waals surface area contributed by atoms with Crippen LogP contribution in [0.25, 0.3) is 0 Å². The Kier molecular flexibility index (Phi) is 6.53. The maximum Gasteiger partial charge on any atom is 0.230 e. The zero-order valence-electron chi connectivity index (χ0n) is 18.0. The summed E-state index contributed by atoms with van der Waals surface area (Å²) in [7, 11) is 0. The van der Waals surface area contributed by atoms with Gasteiger partial charge in [-0.1, -0.05) is 37.3 Å². The van der Waals surface area contributed by atoms with Gasteiger partial charge in [-0.2, -0.15) is 0 Å². The molecule has 0 unspecified atom stereocenters. The van der Waals surface area contributed by atoms with Crippen molar-refractivity contribution in [2.24, 2.45) is 0 Å². The van der Waals surface area contributed by atoms with E-state index in [2.05, 4.69) is 28.2 Å². The lowest BCUT2D eigenvalue weighted by atomic mass is 10.1. The van der Waals surface area contributed by atoms with E-state index in [1.54, 1.807) is 17.9 Å². The van der Waals surface area contributed by atoms with E-state index in [9.17, 15) is 9.90 Å². The lowest BCUT2D eigenvalue weighted by molar-refractivity contribution is -0.115. The molecule has 0 spiro atoms. The molecular formula is C24H28N4O2S. The minimum Gasteiger partial charge on any atom is -0.506 e. The molecule has 0 saturated carbocycles. The van der Waals surface area contributed by atoms with Crippen LogP contribution in [0, 0.1) is 0 Å². The summed E-state index contributed by atoms with van der Waals surface area (Å²) >= 11 is 1.51. The zero-order chi connectivity index (χ0) is 21.8. The van der Waals surface area contributed by atoms with E-state index in [1.165, 1.54) is 11.3 Å². The van der Waals surface area contributed by atoms with E-state index < -0.39 is 0 Å². The topological polar surface area (TPSA) is 59.9 Å². The predicted octanol–water partition coefficient (Wildman–Crippen LogP) is 4.42. The summed E-state index contributed by atoms with van der Waals surface area (Å²) in [6.07, 6.45) is 0.861. The number of aromatic hydroxyl groups is 1. The fourth-order valence-corrected chi connectivity index (χ4v) is 4.89. The molecule has 162 valence electrons. The van der Waals surface area contributed by atoms with Crippen LogP contribution in [-0.4, -0.2) is 47.1 Å². The number of carbonyl (C=O) groups is 1. The first-order valence-electron chi connectivity index (χ1n) is 10.6. The largest absolute Gasteiger partial charge is 0.506 e. The summed E-state index contributed by atoms with van der Waals surface area (Å²) in [5.74, 6) is 0.301. The van der Waals surface area contributed by atoms with Crippen molar-refractivity contribution in [3.63, 3.8) is 0 Å². The third-order valence-corrected chi connectivity index (χ3v) is 6.51. The highest BCUT2D eigenvalue weighted by Gasteiger charge is 2.22. The molecule has 1 fully saturated rings. The van der Waals surface area contributed by atoms with Crippen LogP contribution in [0.3, 0.4) is 0 Å². The smallest absolute Gasteiger partial charge is 0.230 e. The molecule has 0 aliphatic carbocycles. The van der Waals surface area contributed by atoms with Crippen LogP contribution in [-0.2, 0) is 17.8 Å². The van der Waals surface area contributed by atoms with Gasteiger partial charge >= 0.3 is 0 Å². The van der Waals surface area contributed by atoms with Crippen molar-refractivity contribution in [3.8, 4) is 5.75 Å². The van der Waals surface area contributed by atoms with Crippen LogP contribution in [0.15, 0.2) is 53.9 Å². The number of anilines is 3. The number of hydrogen-bond acceptors (Lipinski definition) is 6. The van der Waals surface area contributed by atoms with Crippen LogP contribution in [0.4, 0.5) is 16.5 Å². The number of piperazine rings is 1. The van der Waals surface area contributed by atoms with Gasteiger partial charge in [-0.25, -0.2) is 4.98 Å². The standard InChI is InChI=1S/C24H28N4O2S/c1-3-19-8-4-5-9-21(19)28(18(2)29)24-25-20(17-31-24)16-26-12-14-27(15-13-26)22-10-6-7-11-23(22)30/h4-11,17,30H,3,12-16H2,1-2H3. The Hall–Kier alpha value is -2.90. The van der Waals surface area contributed by atoms with Crippen LogP contribution in [0.2, 0.25) is 0 Å². The molecule has 1 aromatic heterocycles. The van der Waals surface area contributed by atoms with Gasteiger partial charge in [-0.3, -0.25) is 14.6 Å². The third kappa shape index (κ3) is 4.73. The monoisotopic (exact) mass is 436 g/mol. The van der Waals surface area contributed by atoms with Crippen molar-refractivity contribution in [1.82, 2.24) is 9.88 Å². The van der Waals surface area contributed by atoms with Crippen molar-refractivity contribution < 1.29 is 9.90 Å². The van der Waals surface area contributed by atoms with Crippen molar-refractivity contribution >= 4 is 33.8 Å². The maximum atomic E-state index is 12.5. The maximum absolute atomic E-state index is 12.5. The Labute approximate surface area is 187 Å². The lowest BCUT2D eigenvalue weighted by Crippen LogP contribution is -2.46. The summed E-state index contributed by atoms with van der Waals surface area (Å²) in [5, 5.41) is 12.9. The van der Waals surface area contributed by atoms with E-state index in [0.29, 0.717) is 5.75 Å². The molecule has 1 amide bonds. The summed E-state index contributed by atoms with van der Waals surface area (Å²) in [6, 6.07) is 15.5.